The Morgan fingerprint density at radius 3 is 2.89 bits per heavy atom. The predicted molar refractivity (Wildman–Crippen MR) is 71.1 cm³/mol. The van der Waals surface area contributed by atoms with E-state index >= 15 is 0 Å². The molecule has 1 atom stereocenters. The monoisotopic (exact) mass is 259 g/mol. The van der Waals surface area contributed by atoms with Crippen molar-refractivity contribution in [2.24, 2.45) is 10.7 Å². The number of anilines is 1. The number of nitrogens with two attached hydrogens (primary N) is 2. The second-order valence-electron chi connectivity index (χ2n) is 4.88. The van der Waals surface area contributed by atoms with Gasteiger partial charge in [-0.15, -0.1) is 0 Å². The van der Waals surface area contributed by atoms with Crippen LogP contribution in [-0.2, 0) is 12.1 Å². The maximum atomic E-state index is 14.0. The highest BCUT2D eigenvalue weighted by Crippen LogP contribution is 2.33. The summed E-state index contributed by atoms with van der Waals surface area (Å²) in [5, 5.41) is 4.18. The lowest BCUT2D eigenvalue weighted by Crippen LogP contribution is -2.37. The molecule has 2 aromatic rings. The van der Waals surface area contributed by atoms with Crippen molar-refractivity contribution in [1.82, 2.24) is 9.78 Å². The SMILES string of the molecule is CC1(c2cc(N)ccc2F)Cn2nccc2C(N)=N1. The zero-order valence-corrected chi connectivity index (χ0v) is 10.5. The van der Waals surface area contributed by atoms with Crippen molar-refractivity contribution in [2.45, 2.75) is 19.0 Å². The number of hydrogen-bond acceptors (Lipinski definition) is 4. The molecule has 0 aliphatic carbocycles. The third kappa shape index (κ3) is 1.76. The van der Waals surface area contributed by atoms with Crippen LogP contribution in [0.25, 0.3) is 0 Å². The summed E-state index contributed by atoms with van der Waals surface area (Å²) in [6, 6.07) is 6.26. The van der Waals surface area contributed by atoms with E-state index in [4.69, 9.17) is 11.5 Å². The van der Waals surface area contributed by atoms with Crippen LogP contribution in [0.1, 0.15) is 18.2 Å². The van der Waals surface area contributed by atoms with Crippen molar-refractivity contribution < 1.29 is 4.39 Å². The van der Waals surface area contributed by atoms with Crippen molar-refractivity contribution in [1.29, 1.82) is 0 Å². The number of hydrogen-bond donors (Lipinski definition) is 2. The smallest absolute Gasteiger partial charge is 0.145 e. The first-order valence-electron chi connectivity index (χ1n) is 5.93. The van der Waals surface area contributed by atoms with E-state index in [1.54, 1.807) is 23.0 Å². The standard InChI is InChI=1S/C13H14FN5/c1-13(9-6-8(15)2-3-10(9)14)7-19-11(4-5-17-19)12(16)18-13/h2-6H,7,15H2,1H3,(H2,16,18). The van der Waals surface area contributed by atoms with E-state index in [2.05, 4.69) is 10.1 Å². The highest BCUT2D eigenvalue weighted by Gasteiger charge is 2.34. The largest absolute Gasteiger partial charge is 0.399 e. The van der Waals surface area contributed by atoms with Crippen LogP contribution in [0.4, 0.5) is 10.1 Å². The van der Waals surface area contributed by atoms with Gasteiger partial charge in [0.1, 0.15) is 22.9 Å². The summed E-state index contributed by atoms with van der Waals surface area (Å²) in [6.45, 7) is 2.25. The van der Waals surface area contributed by atoms with Gasteiger partial charge in [-0.2, -0.15) is 5.10 Å². The first-order valence-corrected chi connectivity index (χ1v) is 5.93. The lowest BCUT2D eigenvalue weighted by atomic mass is 9.90. The highest BCUT2D eigenvalue weighted by atomic mass is 19.1. The average molecular weight is 259 g/mol. The van der Waals surface area contributed by atoms with Gasteiger partial charge >= 0.3 is 0 Å². The Bertz CT molecular complexity index is 675. The molecule has 0 bridgehead atoms. The van der Waals surface area contributed by atoms with Gasteiger partial charge in [-0.1, -0.05) is 0 Å². The van der Waals surface area contributed by atoms with Crippen LogP contribution in [0.5, 0.6) is 0 Å². The molecule has 4 N–H and O–H groups in total. The zero-order valence-electron chi connectivity index (χ0n) is 10.5. The minimum Gasteiger partial charge on any atom is -0.399 e. The molecule has 0 saturated carbocycles. The van der Waals surface area contributed by atoms with Crippen LogP contribution in [-0.4, -0.2) is 15.6 Å². The molecular weight excluding hydrogens is 245 g/mol. The number of amidine groups is 1. The van der Waals surface area contributed by atoms with E-state index < -0.39 is 5.54 Å². The predicted octanol–water partition coefficient (Wildman–Crippen LogP) is 1.24. The maximum Gasteiger partial charge on any atom is 0.145 e. The number of halogens is 1. The topological polar surface area (TPSA) is 82.2 Å². The van der Waals surface area contributed by atoms with Crippen LogP contribution in [0.15, 0.2) is 35.5 Å². The van der Waals surface area contributed by atoms with Crippen molar-refractivity contribution in [3.63, 3.8) is 0 Å². The van der Waals surface area contributed by atoms with E-state index in [1.807, 2.05) is 6.92 Å². The first kappa shape index (κ1) is 11.7. The first-order chi connectivity index (χ1) is 8.99. The van der Waals surface area contributed by atoms with Crippen molar-refractivity contribution in [3.05, 3.63) is 47.5 Å². The second kappa shape index (κ2) is 3.81. The number of benzene rings is 1. The van der Waals surface area contributed by atoms with Gasteiger partial charge < -0.3 is 11.5 Å². The van der Waals surface area contributed by atoms with Crippen LogP contribution >= 0.6 is 0 Å². The average Bonchev–Trinajstić information content (AvgIpc) is 2.80. The second-order valence-corrected chi connectivity index (χ2v) is 4.88. The Balaban J connectivity index is 2.15. The molecule has 0 amide bonds. The molecule has 1 aromatic carbocycles. The molecule has 0 fully saturated rings. The van der Waals surface area contributed by atoms with E-state index in [1.165, 1.54) is 12.1 Å². The fraction of sp³-hybridized carbons (Fsp3) is 0.231. The summed E-state index contributed by atoms with van der Waals surface area (Å²) in [5.74, 6) is 0.0110. The van der Waals surface area contributed by atoms with Gasteiger partial charge in [0, 0.05) is 17.4 Å². The molecule has 3 rings (SSSR count). The van der Waals surface area contributed by atoms with Gasteiger partial charge in [-0.3, -0.25) is 9.67 Å². The summed E-state index contributed by atoms with van der Waals surface area (Å²) in [5.41, 5.74) is 12.5. The van der Waals surface area contributed by atoms with Gasteiger partial charge in [0.05, 0.1) is 6.54 Å². The Kier molecular flexibility index (Phi) is 2.35. The molecule has 1 aliphatic heterocycles. The molecule has 1 unspecified atom stereocenters. The number of fused-ring (bicyclic) bond motifs is 1. The molecule has 0 radical (unpaired) electrons. The van der Waals surface area contributed by atoms with E-state index in [-0.39, 0.29) is 5.82 Å². The van der Waals surface area contributed by atoms with Crippen LogP contribution in [0.3, 0.4) is 0 Å². The molecule has 98 valence electrons. The molecule has 2 heterocycles. The van der Waals surface area contributed by atoms with Gasteiger partial charge in [-0.05, 0) is 31.2 Å². The molecule has 1 aromatic heterocycles. The Hall–Kier alpha value is -2.37. The summed E-state index contributed by atoms with van der Waals surface area (Å²) in [7, 11) is 0. The van der Waals surface area contributed by atoms with Gasteiger partial charge in [0.2, 0.25) is 0 Å². The lowest BCUT2D eigenvalue weighted by Gasteiger charge is -2.31. The normalized spacial score (nSPS) is 21.9. The van der Waals surface area contributed by atoms with Crippen LogP contribution in [0.2, 0.25) is 0 Å². The van der Waals surface area contributed by atoms with Crippen LogP contribution < -0.4 is 11.5 Å². The summed E-state index contributed by atoms with van der Waals surface area (Å²) < 4.78 is 15.8. The van der Waals surface area contributed by atoms with Crippen molar-refractivity contribution >= 4 is 11.5 Å². The minimum atomic E-state index is -0.803. The molecule has 5 nitrogen and oxygen atoms in total. The number of rotatable bonds is 1. The molecular formula is C13H14FN5. The summed E-state index contributed by atoms with van der Waals surface area (Å²) in [4.78, 5) is 4.44. The minimum absolute atomic E-state index is 0.344. The lowest BCUT2D eigenvalue weighted by molar-refractivity contribution is 0.363. The van der Waals surface area contributed by atoms with E-state index in [0.717, 1.165) is 5.69 Å². The zero-order chi connectivity index (χ0) is 13.6. The third-order valence-electron chi connectivity index (χ3n) is 3.37. The Morgan fingerprint density at radius 1 is 1.32 bits per heavy atom. The number of nitrogens with zero attached hydrogens (tertiary/aromatic N) is 3. The maximum absolute atomic E-state index is 14.0. The van der Waals surface area contributed by atoms with Gasteiger partial charge in [0.15, 0.2) is 0 Å². The molecule has 19 heavy (non-hydrogen) atoms. The van der Waals surface area contributed by atoms with E-state index in [0.29, 0.717) is 23.6 Å². The summed E-state index contributed by atoms with van der Waals surface area (Å²) in [6.07, 6.45) is 1.65. The highest BCUT2D eigenvalue weighted by molar-refractivity contribution is 5.96. The molecule has 6 heteroatoms. The molecule has 0 saturated heterocycles. The number of aromatic nitrogens is 2. The Labute approximate surface area is 109 Å². The summed E-state index contributed by atoms with van der Waals surface area (Å²) >= 11 is 0. The third-order valence-corrected chi connectivity index (χ3v) is 3.37. The Morgan fingerprint density at radius 2 is 2.11 bits per heavy atom. The fourth-order valence-corrected chi connectivity index (χ4v) is 2.43. The molecule has 1 aliphatic rings. The van der Waals surface area contributed by atoms with Crippen molar-refractivity contribution in [3.8, 4) is 0 Å². The molecule has 0 spiro atoms. The van der Waals surface area contributed by atoms with E-state index in [9.17, 15) is 4.39 Å². The van der Waals surface area contributed by atoms with Gasteiger partial charge in [0.25, 0.3) is 0 Å². The number of aliphatic imine (C=N–C) groups is 1. The van der Waals surface area contributed by atoms with Crippen LogP contribution in [0, 0.1) is 5.82 Å². The van der Waals surface area contributed by atoms with Gasteiger partial charge in [-0.25, -0.2) is 4.39 Å². The quantitative estimate of drug-likeness (QED) is 0.756. The number of nitrogen functional groups attached to an aromatic ring is 1. The fourth-order valence-electron chi connectivity index (χ4n) is 2.43. The van der Waals surface area contributed by atoms with Crippen molar-refractivity contribution in [2.75, 3.05) is 5.73 Å².